The Balaban J connectivity index is 2.82. The summed E-state index contributed by atoms with van der Waals surface area (Å²) in [5, 5.41) is 1.36. The van der Waals surface area contributed by atoms with Crippen molar-refractivity contribution in [3.8, 4) is 5.75 Å². The third-order valence-corrected chi connectivity index (χ3v) is 1.66. The Kier molecular flexibility index (Phi) is 4.04. The molecule has 3 nitrogen and oxygen atoms in total. The van der Waals surface area contributed by atoms with Gasteiger partial charge in [-0.1, -0.05) is 0 Å². The zero-order valence-electron chi connectivity index (χ0n) is 8.39. The van der Waals surface area contributed by atoms with E-state index in [9.17, 15) is 31.1 Å². The minimum Gasteiger partial charge on any atom is -0.432 e. The van der Waals surface area contributed by atoms with E-state index in [1.54, 1.807) is 0 Å². The molecule has 0 aliphatic carbocycles. The number of amides is 1. The highest BCUT2D eigenvalue weighted by Gasteiger charge is 2.38. The highest BCUT2D eigenvalue weighted by atomic mass is 19.4. The van der Waals surface area contributed by atoms with Crippen molar-refractivity contribution in [1.82, 2.24) is 0 Å². The number of hydrogen-bond donors (Lipinski definition) is 1. The van der Waals surface area contributed by atoms with E-state index in [0.717, 1.165) is 6.07 Å². The molecule has 0 saturated heterocycles. The number of carbonyl (C=O) groups excluding carboxylic acids is 1. The summed E-state index contributed by atoms with van der Waals surface area (Å²) in [4.78, 5) is 10.5. The number of rotatable bonds is 3. The average Bonchev–Trinajstić information content (AvgIpc) is 2.20. The molecule has 100 valence electrons. The first-order valence-corrected chi connectivity index (χ1v) is 4.32. The number of halogens is 6. The van der Waals surface area contributed by atoms with Crippen molar-refractivity contribution in [1.29, 1.82) is 0 Å². The van der Waals surface area contributed by atoms with Gasteiger partial charge >= 0.3 is 18.7 Å². The molecule has 0 unspecified atom stereocenters. The van der Waals surface area contributed by atoms with Crippen molar-refractivity contribution < 1.29 is 35.9 Å². The maximum Gasteiger partial charge on any atom is 0.471 e. The third-order valence-electron chi connectivity index (χ3n) is 1.66. The molecule has 0 saturated carbocycles. The van der Waals surface area contributed by atoms with E-state index in [1.165, 1.54) is 5.32 Å². The van der Waals surface area contributed by atoms with Crippen LogP contribution in [0.25, 0.3) is 0 Å². The third kappa shape index (κ3) is 3.82. The molecule has 18 heavy (non-hydrogen) atoms. The van der Waals surface area contributed by atoms with E-state index in [2.05, 4.69) is 4.74 Å². The lowest BCUT2D eigenvalue weighted by molar-refractivity contribution is -0.167. The van der Waals surface area contributed by atoms with Crippen molar-refractivity contribution in [3.05, 3.63) is 24.0 Å². The summed E-state index contributed by atoms with van der Waals surface area (Å²) in [6, 6.07) is 1.90. The molecule has 0 radical (unpaired) electrons. The molecule has 9 heteroatoms. The largest absolute Gasteiger partial charge is 0.471 e. The van der Waals surface area contributed by atoms with E-state index >= 15 is 0 Å². The van der Waals surface area contributed by atoms with Gasteiger partial charge in [-0.25, -0.2) is 4.39 Å². The molecular weight excluding hydrogens is 268 g/mol. The van der Waals surface area contributed by atoms with Crippen LogP contribution >= 0.6 is 0 Å². The van der Waals surface area contributed by atoms with Gasteiger partial charge in [-0.2, -0.15) is 22.0 Å². The van der Waals surface area contributed by atoms with E-state index in [-0.39, 0.29) is 0 Å². The predicted molar refractivity (Wildman–Crippen MR) is 47.7 cm³/mol. The number of benzene rings is 1. The molecule has 0 heterocycles. The lowest BCUT2D eigenvalue weighted by atomic mass is 10.3. The van der Waals surface area contributed by atoms with E-state index in [1.807, 2.05) is 0 Å². The molecule has 0 atom stereocenters. The topological polar surface area (TPSA) is 38.3 Å². The molecule has 1 rings (SSSR count). The second-order valence-corrected chi connectivity index (χ2v) is 2.98. The molecule has 0 bridgehead atoms. The fourth-order valence-electron chi connectivity index (χ4n) is 0.972. The molecule has 1 aromatic rings. The Labute approximate surface area is 96.3 Å². The number of carbonyl (C=O) groups is 1. The normalized spacial score (nSPS) is 11.5. The van der Waals surface area contributed by atoms with E-state index < -0.39 is 35.9 Å². The van der Waals surface area contributed by atoms with Crippen LogP contribution in [0.3, 0.4) is 0 Å². The van der Waals surface area contributed by atoms with Crippen molar-refractivity contribution in [2.45, 2.75) is 12.8 Å². The minimum absolute atomic E-state index is 0.432. The summed E-state index contributed by atoms with van der Waals surface area (Å²) in [5.74, 6) is -4.46. The maximum absolute atomic E-state index is 13.1. The average molecular weight is 273 g/mol. The van der Waals surface area contributed by atoms with Gasteiger partial charge in [0.15, 0.2) is 11.6 Å². The summed E-state index contributed by atoms with van der Waals surface area (Å²) in [6.07, 6.45) is -5.13. The van der Waals surface area contributed by atoms with Crippen LogP contribution in [0.5, 0.6) is 5.75 Å². The van der Waals surface area contributed by atoms with Crippen molar-refractivity contribution in [2.75, 3.05) is 5.32 Å². The van der Waals surface area contributed by atoms with Crippen molar-refractivity contribution in [2.24, 2.45) is 0 Å². The Hall–Kier alpha value is -1.93. The zero-order valence-corrected chi connectivity index (χ0v) is 8.39. The maximum atomic E-state index is 13.1. The van der Waals surface area contributed by atoms with Gasteiger partial charge in [0, 0.05) is 11.8 Å². The smallest absolute Gasteiger partial charge is 0.432 e. The number of alkyl halides is 5. The first kappa shape index (κ1) is 14.1. The van der Waals surface area contributed by atoms with E-state index in [4.69, 9.17) is 0 Å². The molecule has 1 aromatic carbocycles. The van der Waals surface area contributed by atoms with Crippen LogP contribution in [0.15, 0.2) is 18.2 Å². The van der Waals surface area contributed by atoms with Crippen LogP contribution in [0, 0.1) is 5.82 Å². The molecule has 1 N–H and O–H groups in total. The first-order valence-electron chi connectivity index (χ1n) is 4.32. The Bertz CT molecular complexity index is 445. The molecule has 0 spiro atoms. The summed E-state index contributed by atoms with van der Waals surface area (Å²) in [7, 11) is 0. The van der Waals surface area contributed by atoms with Gasteiger partial charge in [0.05, 0.1) is 0 Å². The van der Waals surface area contributed by atoms with Crippen LogP contribution in [-0.4, -0.2) is 18.7 Å². The monoisotopic (exact) mass is 273 g/mol. The molecule has 0 aromatic heterocycles. The molecule has 1 amide bonds. The summed E-state index contributed by atoms with van der Waals surface area (Å²) >= 11 is 0. The highest BCUT2D eigenvalue weighted by molar-refractivity contribution is 5.94. The summed E-state index contributed by atoms with van der Waals surface area (Å²) in [6.45, 7) is -3.27. The minimum atomic E-state index is -5.13. The van der Waals surface area contributed by atoms with Crippen LogP contribution in [0.4, 0.5) is 32.0 Å². The lowest BCUT2D eigenvalue weighted by Crippen LogP contribution is -2.29. The Morgan fingerprint density at radius 3 is 2.33 bits per heavy atom. The van der Waals surface area contributed by atoms with Gasteiger partial charge < -0.3 is 10.1 Å². The fraction of sp³-hybridized carbons (Fsp3) is 0.222. The molecule has 0 aliphatic rings. The summed E-state index contributed by atoms with van der Waals surface area (Å²) < 4.78 is 75.9. The van der Waals surface area contributed by atoms with Gasteiger partial charge in [0.25, 0.3) is 0 Å². The van der Waals surface area contributed by atoms with Crippen LogP contribution in [0.1, 0.15) is 0 Å². The Morgan fingerprint density at radius 2 is 1.89 bits per heavy atom. The standard InChI is InChI=1S/C9H5F6NO2/c10-5-3-4(16-7(17)9(13,14)15)1-2-6(5)18-8(11)12/h1-3,8H,(H,16,17). The van der Waals surface area contributed by atoms with Gasteiger partial charge in [0.1, 0.15) is 0 Å². The lowest BCUT2D eigenvalue weighted by Gasteiger charge is -2.10. The second-order valence-electron chi connectivity index (χ2n) is 2.98. The predicted octanol–water partition coefficient (Wildman–Crippen LogP) is 2.93. The number of nitrogens with one attached hydrogen (secondary N) is 1. The second kappa shape index (κ2) is 5.15. The fourth-order valence-corrected chi connectivity index (χ4v) is 0.972. The Morgan fingerprint density at radius 1 is 1.28 bits per heavy atom. The zero-order chi connectivity index (χ0) is 13.9. The SMILES string of the molecule is O=C(Nc1ccc(OC(F)F)c(F)c1)C(F)(F)F. The van der Waals surface area contributed by atoms with Gasteiger partial charge in [-0.05, 0) is 12.1 Å². The first-order chi connectivity index (χ1) is 8.20. The number of ether oxygens (including phenoxy) is 1. The van der Waals surface area contributed by atoms with Crippen molar-refractivity contribution in [3.63, 3.8) is 0 Å². The number of hydrogen-bond acceptors (Lipinski definition) is 2. The molecular formula is C9H5F6NO2. The summed E-state index contributed by atoms with van der Waals surface area (Å²) in [5.41, 5.74) is -0.531. The van der Waals surface area contributed by atoms with Gasteiger partial charge in [0.2, 0.25) is 0 Å². The number of anilines is 1. The quantitative estimate of drug-likeness (QED) is 0.860. The van der Waals surface area contributed by atoms with Gasteiger partial charge in [-0.15, -0.1) is 0 Å². The molecule has 0 fully saturated rings. The van der Waals surface area contributed by atoms with Crippen LogP contribution < -0.4 is 10.1 Å². The van der Waals surface area contributed by atoms with Crippen LogP contribution in [0.2, 0.25) is 0 Å². The van der Waals surface area contributed by atoms with Gasteiger partial charge in [-0.3, -0.25) is 4.79 Å². The van der Waals surface area contributed by atoms with E-state index in [0.29, 0.717) is 12.1 Å². The molecule has 0 aliphatic heterocycles. The van der Waals surface area contributed by atoms with Crippen molar-refractivity contribution >= 4 is 11.6 Å². The van der Waals surface area contributed by atoms with Crippen LogP contribution in [-0.2, 0) is 4.79 Å². The highest BCUT2D eigenvalue weighted by Crippen LogP contribution is 2.24.